The Labute approximate surface area is 130 Å². The summed E-state index contributed by atoms with van der Waals surface area (Å²) in [7, 11) is 0. The number of aromatic amines is 1. The van der Waals surface area contributed by atoms with Crippen molar-refractivity contribution in [3.05, 3.63) is 24.2 Å². The number of aliphatic hydroxyl groups excluding tert-OH is 1. The molecule has 2 aromatic heterocycles. The monoisotopic (exact) mass is 304 g/mol. The van der Waals surface area contributed by atoms with Gasteiger partial charge in [-0.15, -0.1) is 0 Å². The molecule has 0 aliphatic rings. The molecule has 1 amide bonds. The van der Waals surface area contributed by atoms with Crippen LogP contribution in [0.4, 0.5) is 0 Å². The number of hydrogen-bond donors (Lipinski definition) is 3. The van der Waals surface area contributed by atoms with E-state index in [9.17, 15) is 9.90 Å². The second kappa shape index (κ2) is 7.89. The Hall–Kier alpha value is -1.95. The largest absolute Gasteiger partial charge is 0.391 e. The number of nitrogens with one attached hydrogen (secondary N) is 2. The van der Waals surface area contributed by atoms with Gasteiger partial charge >= 0.3 is 0 Å². The minimum absolute atomic E-state index is 0.0709. The summed E-state index contributed by atoms with van der Waals surface area (Å²) in [6, 6.07) is 3.75. The first kappa shape index (κ1) is 16.4. The zero-order valence-electron chi connectivity index (χ0n) is 13.2. The molecule has 0 saturated heterocycles. The Kier molecular flexibility index (Phi) is 5.89. The lowest BCUT2D eigenvalue weighted by Gasteiger charge is -2.20. The molecule has 1 unspecified atom stereocenters. The van der Waals surface area contributed by atoms with Crippen molar-refractivity contribution in [1.82, 2.24) is 20.3 Å². The van der Waals surface area contributed by atoms with Crippen molar-refractivity contribution < 1.29 is 9.90 Å². The number of H-pyrrole nitrogens is 1. The van der Waals surface area contributed by atoms with Gasteiger partial charge in [0.05, 0.1) is 11.6 Å². The van der Waals surface area contributed by atoms with Gasteiger partial charge in [0.15, 0.2) is 5.65 Å². The van der Waals surface area contributed by atoms with E-state index in [2.05, 4.69) is 34.1 Å². The highest BCUT2D eigenvalue weighted by molar-refractivity contribution is 5.76. The standard InChI is InChI=1S/C16H24N4O2/c1-3-11(4-2)13(21)10-18-15(22)8-7-14-19-12-6-5-9-17-16(12)20-14/h5-6,9,11,13,21H,3-4,7-8,10H2,1-2H3,(H,18,22)(H,17,19,20). The fourth-order valence-corrected chi connectivity index (χ4v) is 2.55. The van der Waals surface area contributed by atoms with Crippen molar-refractivity contribution in [1.29, 1.82) is 0 Å². The van der Waals surface area contributed by atoms with Gasteiger partial charge in [-0.05, 0) is 18.1 Å². The third-order valence-corrected chi connectivity index (χ3v) is 4.00. The highest BCUT2D eigenvalue weighted by Gasteiger charge is 2.16. The molecule has 1 atom stereocenters. The van der Waals surface area contributed by atoms with E-state index >= 15 is 0 Å². The molecule has 3 N–H and O–H groups in total. The highest BCUT2D eigenvalue weighted by atomic mass is 16.3. The summed E-state index contributed by atoms with van der Waals surface area (Å²) in [5.41, 5.74) is 1.55. The van der Waals surface area contributed by atoms with E-state index in [0.717, 1.165) is 24.2 Å². The summed E-state index contributed by atoms with van der Waals surface area (Å²) in [4.78, 5) is 23.5. The number of aryl methyl sites for hydroxylation is 1. The summed E-state index contributed by atoms with van der Waals surface area (Å²) in [5.74, 6) is 0.921. The molecular formula is C16H24N4O2. The van der Waals surface area contributed by atoms with Crippen LogP contribution in [0.5, 0.6) is 0 Å². The van der Waals surface area contributed by atoms with Gasteiger partial charge in [-0.1, -0.05) is 26.7 Å². The molecule has 0 saturated carbocycles. The minimum atomic E-state index is -0.477. The second-order valence-corrected chi connectivity index (χ2v) is 5.51. The molecule has 0 radical (unpaired) electrons. The van der Waals surface area contributed by atoms with Crippen LogP contribution in [0, 0.1) is 5.92 Å². The van der Waals surface area contributed by atoms with E-state index in [1.165, 1.54) is 0 Å². The van der Waals surface area contributed by atoms with E-state index in [-0.39, 0.29) is 11.8 Å². The Bertz CT molecular complexity index is 574. The molecule has 0 aliphatic carbocycles. The van der Waals surface area contributed by atoms with E-state index in [0.29, 0.717) is 25.0 Å². The Morgan fingerprint density at radius 2 is 2.18 bits per heavy atom. The van der Waals surface area contributed by atoms with Crippen molar-refractivity contribution >= 4 is 17.1 Å². The zero-order valence-corrected chi connectivity index (χ0v) is 13.2. The molecule has 2 heterocycles. The van der Waals surface area contributed by atoms with Gasteiger partial charge in [0.2, 0.25) is 5.91 Å². The zero-order chi connectivity index (χ0) is 15.9. The number of carbonyl (C=O) groups excluding carboxylic acids is 1. The van der Waals surface area contributed by atoms with Gasteiger partial charge in [0.1, 0.15) is 5.82 Å². The maximum absolute atomic E-state index is 11.9. The fraction of sp³-hybridized carbons (Fsp3) is 0.562. The maximum Gasteiger partial charge on any atom is 0.220 e. The molecule has 6 heteroatoms. The van der Waals surface area contributed by atoms with Gasteiger partial charge in [0, 0.05) is 25.6 Å². The average molecular weight is 304 g/mol. The summed E-state index contributed by atoms with van der Waals surface area (Å²) in [6.45, 7) is 4.41. The molecule has 0 bridgehead atoms. The van der Waals surface area contributed by atoms with E-state index in [1.807, 2.05) is 12.1 Å². The van der Waals surface area contributed by atoms with Crippen LogP contribution in [0.1, 0.15) is 38.9 Å². The summed E-state index contributed by atoms with van der Waals surface area (Å²) >= 11 is 0. The molecule has 6 nitrogen and oxygen atoms in total. The number of carbonyl (C=O) groups is 1. The number of aromatic nitrogens is 3. The number of amides is 1. The molecule has 22 heavy (non-hydrogen) atoms. The number of pyridine rings is 1. The maximum atomic E-state index is 11.9. The fourth-order valence-electron chi connectivity index (χ4n) is 2.55. The van der Waals surface area contributed by atoms with Crippen LogP contribution in [0.3, 0.4) is 0 Å². The third-order valence-electron chi connectivity index (χ3n) is 4.00. The number of rotatable bonds is 8. The summed E-state index contributed by atoms with van der Waals surface area (Å²) < 4.78 is 0. The summed E-state index contributed by atoms with van der Waals surface area (Å²) in [6.07, 6.45) is 3.92. The predicted octanol–water partition coefficient (Wildman–Crippen LogP) is 1.80. The van der Waals surface area contributed by atoms with E-state index < -0.39 is 6.10 Å². The van der Waals surface area contributed by atoms with Crippen LogP contribution in [0.2, 0.25) is 0 Å². The van der Waals surface area contributed by atoms with Gasteiger partial charge in [0.25, 0.3) is 0 Å². The summed E-state index contributed by atoms with van der Waals surface area (Å²) in [5, 5.41) is 12.8. The lowest BCUT2D eigenvalue weighted by atomic mass is 9.96. The second-order valence-electron chi connectivity index (χ2n) is 5.51. The topological polar surface area (TPSA) is 90.9 Å². The van der Waals surface area contributed by atoms with Crippen molar-refractivity contribution in [2.45, 2.75) is 45.6 Å². The average Bonchev–Trinajstić information content (AvgIpc) is 2.95. The number of imidazole rings is 1. The van der Waals surface area contributed by atoms with E-state index in [4.69, 9.17) is 0 Å². The Morgan fingerprint density at radius 3 is 2.86 bits per heavy atom. The normalized spacial score (nSPS) is 12.7. The molecule has 0 aromatic carbocycles. The lowest BCUT2D eigenvalue weighted by molar-refractivity contribution is -0.121. The Morgan fingerprint density at radius 1 is 1.41 bits per heavy atom. The van der Waals surface area contributed by atoms with E-state index in [1.54, 1.807) is 6.20 Å². The van der Waals surface area contributed by atoms with Gasteiger partial charge in [-0.3, -0.25) is 4.79 Å². The van der Waals surface area contributed by atoms with Crippen molar-refractivity contribution in [2.75, 3.05) is 6.54 Å². The quantitative estimate of drug-likeness (QED) is 0.693. The first-order valence-electron chi connectivity index (χ1n) is 7.88. The predicted molar refractivity (Wildman–Crippen MR) is 85.3 cm³/mol. The first-order valence-corrected chi connectivity index (χ1v) is 7.88. The SMILES string of the molecule is CCC(CC)C(O)CNC(=O)CCc1nc2ncccc2[nH]1. The molecule has 120 valence electrons. The number of hydrogen-bond acceptors (Lipinski definition) is 4. The number of nitrogens with zero attached hydrogens (tertiary/aromatic N) is 2. The molecule has 2 aromatic rings. The van der Waals surface area contributed by atoms with Crippen LogP contribution < -0.4 is 5.32 Å². The molecule has 2 rings (SSSR count). The molecule has 0 spiro atoms. The van der Waals surface area contributed by atoms with Crippen molar-refractivity contribution in [3.8, 4) is 0 Å². The van der Waals surface area contributed by atoms with Gasteiger partial charge in [-0.2, -0.15) is 0 Å². The number of fused-ring (bicyclic) bond motifs is 1. The Balaban J connectivity index is 1.78. The van der Waals surface area contributed by atoms with Crippen LogP contribution in [0.15, 0.2) is 18.3 Å². The highest BCUT2D eigenvalue weighted by Crippen LogP contribution is 2.12. The molecule has 0 aliphatic heterocycles. The van der Waals surface area contributed by atoms with Crippen molar-refractivity contribution in [3.63, 3.8) is 0 Å². The van der Waals surface area contributed by atoms with Crippen LogP contribution in [-0.4, -0.2) is 38.6 Å². The smallest absolute Gasteiger partial charge is 0.220 e. The number of aliphatic hydroxyl groups is 1. The lowest BCUT2D eigenvalue weighted by Crippen LogP contribution is -2.36. The van der Waals surface area contributed by atoms with Crippen LogP contribution in [-0.2, 0) is 11.2 Å². The molecular weight excluding hydrogens is 280 g/mol. The van der Waals surface area contributed by atoms with Crippen LogP contribution in [0.25, 0.3) is 11.2 Å². The van der Waals surface area contributed by atoms with Gasteiger partial charge < -0.3 is 15.4 Å². The van der Waals surface area contributed by atoms with Crippen molar-refractivity contribution in [2.24, 2.45) is 5.92 Å². The first-order chi connectivity index (χ1) is 10.6. The molecule has 0 fully saturated rings. The third kappa shape index (κ3) is 4.27. The minimum Gasteiger partial charge on any atom is -0.391 e. The van der Waals surface area contributed by atoms with Crippen LogP contribution >= 0.6 is 0 Å². The van der Waals surface area contributed by atoms with Gasteiger partial charge in [-0.25, -0.2) is 9.97 Å².